The van der Waals surface area contributed by atoms with Crippen LogP contribution in [-0.2, 0) is 5.54 Å². The molecule has 1 aromatic carbocycles. The zero-order valence-electron chi connectivity index (χ0n) is 11.3. The highest BCUT2D eigenvalue weighted by atomic mass is 19.1. The van der Waals surface area contributed by atoms with Crippen LogP contribution in [-0.4, -0.2) is 0 Å². The van der Waals surface area contributed by atoms with E-state index in [9.17, 15) is 4.39 Å². The molecule has 1 aliphatic carbocycles. The molecular weight excluding hydrogens is 225 g/mol. The van der Waals surface area contributed by atoms with Gasteiger partial charge in [0.1, 0.15) is 5.82 Å². The van der Waals surface area contributed by atoms with Crippen LogP contribution in [0, 0.1) is 11.7 Å². The summed E-state index contributed by atoms with van der Waals surface area (Å²) in [4.78, 5) is 0. The molecule has 1 aromatic rings. The molecule has 2 rings (SSSR count). The summed E-state index contributed by atoms with van der Waals surface area (Å²) < 4.78 is 13.4. The van der Waals surface area contributed by atoms with E-state index in [1.807, 2.05) is 6.07 Å². The van der Waals surface area contributed by atoms with Gasteiger partial charge >= 0.3 is 0 Å². The Morgan fingerprint density at radius 3 is 2.61 bits per heavy atom. The lowest BCUT2D eigenvalue weighted by atomic mass is 9.75. The van der Waals surface area contributed by atoms with Crippen LogP contribution in [0.5, 0.6) is 0 Å². The topological polar surface area (TPSA) is 26.0 Å². The summed E-state index contributed by atoms with van der Waals surface area (Å²) in [5.41, 5.74) is 7.15. The van der Waals surface area contributed by atoms with Crippen molar-refractivity contribution in [3.05, 3.63) is 35.6 Å². The van der Waals surface area contributed by atoms with Crippen molar-refractivity contribution in [2.75, 3.05) is 0 Å². The molecule has 0 heterocycles. The Hall–Kier alpha value is -0.890. The zero-order valence-corrected chi connectivity index (χ0v) is 11.3. The van der Waals surface area contributed by atoms with Crippen molar-refractivity contribution >= 4 is 0 Å². The van der Waals surface area contributed by atoms with E-state index in [2.05, 4.69) is 6.92 Å². The second-order valence-electron chi connectivity index (χ2n) is 5.73. The molecule has 1 saturated carbocycles. The van der Waals surface area contributed by atoms with E-state index in [0.29, 0.717) is 5.92 Å². The summed E-state index contributed by atoms with van der Waals surface area (Å²) >= 11 is 0. The summed E-state index contributed by atoms with van der Waals surface area (Å²) in [5, 5.41) is 0. The van der Waals surface area contributed by atoms with E-state index < -0.39 is 0 Å². The van der Waals surface area contributed by atoms with E-state index in [1.165, 1.54) is 38.2 Å². The monoisotopic (exact) mass is 249 g/mol. The number of halogens is 1. The van der Waals surface area contributed by atoms with E-state index >= 15 is 0 Å². The van der Waals surface area contributed by atoms with Crippen molar-refractivity contribution in [2.45, 2.75) is 57.4 Å². The zero-order chi connectivity index (χ0) is 13.0. The molecule has 0 radical (unpaired) electrons. The third-order valence-corrected chi connectivity index (χ3v) is 4.41. The molecule has 1 atom stereocenters. The molecule has 18 heavy (non-hydrogen) atoms. The van der Waals surface area contributed by atoms with Crippen molar-refractivity contribution in [1.29, 1.82) is 0 Å². The van der Waals surface area contributed by atoms with Gasteiger partial charge in [-0.3, -0.25) is 0 Å². The van der Waals surface area contributed by atoms with Gasteiger partial charge in [-0.2, -0.15) is 0 Å². The second kappa shape index (κ2) is 5.83. The minimum Gasteiger partial charge on any atom is -0.321 e. The maximum atomic E-state index is 13.4. The van der Waals surface area contributed by atoms with E-state index in [1.54, 1.807) is 12.1 Å². The number of hydrogen-bond acceptors (Lipinski definition) is 1. The fraction of sp³-hybridized carbons (Fsp3) is 0.625. The predicted octanol–water partition coefficient (Wildman–Crippen LogP) is 4.36. The molecule has 100 valence electrons. The molecule has 2 N–H and O–H groups in total. The summed E-state index contributed by atoms with van der Waals surface area (Å²) in [6.07, 6.45) is 8.45. The van der Waals surface area contributed by atoms with Gasteiger partial charge in [-0.25, -0.2) is 4.39 Å². The summed E-state index contributed by atoms with van der Waals surface area (Å²) in [5.74, 6) is 0.534. The quantitative estimate of drug-likeness (QED) is 0.843. The molecule has 2 heteroatoms. The summed E-state index contributed by atoms with van der Waals surface area (Å²) in [7, 11) is 0. The van der Waals surface area contributed by atoms with Gasteiger partial charge in [0, 0.05) is 5.54 Å². The molecule has 1 unspecified atom stereocenters. The summed E-state index contributed by atoms with van der Waals surface area (Å²) in [6, 6.07) is 6.82. The number of nitrogens with two attached hydrogens (primary N) is 1. The Bertz CT molecular complexity index is 384. The minimum atomic E-state index is -0.357. The second-order valence-corrected chi connectivity index (χ2v) is 5.73. The normalized spacial score (nSPS) is 20.6. The molecule has 1 aliphatic rings. The third kappa shape index (κ3) is 3.11. The molecule has 1 nitrogen and oxygen atoms in total. The van der Waals surface area contributed by atoms with Crippen LogP contribution in [0.2, 0.25) is 0 Å². The molecule has 0 aliphatic heterocycles. The average molecular weight is 249 g/mol. The number of rotatable bonds is 4. The van der Waals surface area contributed by atoms with Crippen LogP contribution in [0.4, 0.5) is 4.39 Å². The van der Waals surface area contributed by atoms with Crippen LogP contribution in [0.1, 0.15) is 57.4 Å². The standard InChI is InChI=1S/C16H24FN/c1-2-16(18,12-13-7-4-3-5-8-13)14-9-6-10-15(17)11-14/h6,9-11,13H,2-5,7-8,12,18H2,1H3. The van der Waals surface area contributed by atoms with Gasteiger partial charge in [-0.1, -0.05) is 51.2 Å². The van der Waals surface area contributed by atoms with Crippen molar-refractivity contribution in [1.82, 2.24) is 0 Å². The SMILES string of the molecule is CCC(N)(CC1CCCCC1)c1cccc(F)c1. The first kappa shape index (κ1) is 13.5. The molecule has 0 saturated heterocycles. The maximum absolute atomic E-state index is 13.4. The Kier molecular flexibility index (Phi) is 4.39. The van der Waals surface area contributed by atoms with Crippen molar-refractivity contribution in [3.8, 4) is 0 Å². The van der Waals surface area contributed by atoms with Gasteiger partial charge in [-0.05, 0) is 36.5 Å². The van der Waals surface area contributed by atoms with Crippen molar-refractivity contribution in [3.63, 3.8) is 0 Å². The first-order valence-corrected chi connectivity index (χ1v) is 7.19. The smallest absolute Gasteiger partial charge is 0.123 e. The van der Waals surface area contributed by atoms with Crippen LogP contribution in [0.3, 0.4) is 0 Å². The Balaban J connectivity index is 2.13. The van der Waals surface area contributed by atoms with Crippen molar-refractivity contribution < 1.29 is 4.39 Å². The molecule has 0 spiro atoms. The average Bonchev–Trinajstić information content (AvgIpc) is 2.40. The Morgan fingerprint density at radius 1 is 1.28 bits per heavy atom. The lowest BCUT2D eigenvalue weighted by Crippen LogP contribution is -2.38. The van der Waals surface area contributed by atoms with Crippen LogP contribution >= 0.6 is 0 Å². The molecule has 0 aromatic heterocycles. The maximum Gasteiger partial charge on any atom is 0.123 e. The number of benzene rings is 1. The highest BCUT2D eigenvalue weighted by Crippen LogP contribution is 2.36. The lowest BCUT2D eigenvalue weighted by molar-refractivity contribution is 0.253. The number of hydrogen-bond donors (Lipinski definition) is 1. The fourth-order valence-corrected chi connectivity index (χ4v) is 3.17. The molecule has 0 bridgehead atoms. The van der Waals surface area contributed by atoms with E-state index in [-0.39, 0.29) is 11.4 Å². The fourth-order valence-electron chi connectivity index (χ4n) is 3.17. The van der Waals surface area contributed by atoms with E-state index in [0.717, 1.165) is 18.4 Å². The Labute approximate surface area is 110 Å². The van der Waals surface area contributed by atoms with Gasteiger partial charge < -0.3 is 5.73 Å². The van der Waals surface area contributed by atoms with Crippen molar-refractivity contribution in [2.24, 2.45) is 11.7 Å². The van der Waals surface area contributed by atoms with Gasteiger partial charge in [-0.15, -0.1) is 0 Å². The molecule has 0 amide bonds. The van der Waals surface area contributed by atoms with Gasteiger partial charge in [0.15, 0.2) is 0 Å². The lowest BCUT2D eigenvalue weighted by Gasteiger charge is -2.34. The predicted molar refractivity (Wildman–Crippen MR) is 73.7 cm³/mol. The van der Waals surface area contributed by atoms with Gasteiger partial charge in [0.05, 0.1) is 0 Å². The largest absolute Gasteiger partial charge is 0.321 e. The first-order chi connectivity index (χ1) is 8.64. The van der Waals surface area contributed by atoms with Gasteiger partial charge in [0.25, 0.3) is 0 Å². The van der Waals surface area contributed by atoms with Crippen LogP contribution < -0.4 is 5.73 Å². The van der Waals surface area contributed by atoms with E-state index in [4.69, 9.17) is 5.73 Å². The Morgan fingerprint density at radius 2 is 2.00 bits per heavy atom. The highest BCUT2D eigenvalue weighted by molar-refractivity contribution is 5.24. The van der Waals surface area contributed by atoms with Gasteiger partial charge in [0.2, 0.25) is 0 Å². The highest BCUT2D eigenvalue weighted by Gasteiger charge is 2.29. The first-order valence-electron chi connectivity index (χ1n) is 7.19. The third-order valence-electron chi connectivity index (χ3n) is 4.41. The van der Waals surface area contributed by atoms with Crippen LogP contribution in [0.15, 0.2) is 24.3 Å². The molecule has 1 fully saturated rings. The minimum absolute atomic E-state index is 0.181. The summed E-state index contributed by atoms with van der Waals surface area (Å²) in [6.45, 7) is 2.10. The molecular formula is C16H24FN. The van der Waals surface area contributed by atoms with Crippen LogP contribution in [0.25, 0.3) is 0 Å².